The number of rotatable bonds is 4. The highest BCUT2D eigenvalue weighted by Crippen LogP contribution is 2.42. The van der Waals surface area contributed by atoms with E-state index in [1.54, 1.807) is 11.0 Å². The maximum absolute atomic E-state index is 13.3. The number of hydrogen-bond donors (Lipinski definition) is 1. The molecule has 1 aromatic heterocycles. The summed E-state index contributed by atoms with van der Waals surface area (Å²) in [6.45, 7) is 4.10. The Kier molecular flexibility index (Phi) is 5.69. The van der Waals surface area contributed by atoms with Gasteiger partial charge in [0.25, 0.3) is 5.91 Å². The lowest BCUT2D eigenvalue weighted by atomic mass is 9.84. The summed E-state index contributed by atoms with van der Waals surface area (Å²) in [5.74, 6) is -0.368. The van der Waals surface area contributed by atoms with Crippen molar-refractivity contribution in [1.82, 2.24) is 14.8 Å². The lowest BCUT2D eigenvalue weighted by molar-refractivity contribution is -0.130. The van der Waals surface area contributed by atoms with Gasteiger partial charge in [-0.2, -0.15) is 0 Å². The molecular weight excluding hydrogens is 411 g/mol. The summed E-state index contributed by atoms with van der Waals surface area (Å²) in [6, 6.07) is 0. The summed E-state index contributed by atoms with van der Waals surface area (Å²) in [7, 11) is 0. The van der Waals surface area contributed by atoms with Gasteiger partial charge in [0.15, 0.2) is 0 Å². The smallest absolute Gasteiger partial charge is 0.256 e. The van der Waals surface area contributed by atoms with Crippen LogP contribution >= 0.6 is 23.2 Å². The number of carbonyl (C=O) groups is 2. The number of carbonyl (C=O) groups excluding carboxylic acids is 2. The van der Waals surface area contributed by atoms with E-state index in [2.05, 4.69) is 4.98 Å². The first-order valence-corrected chi connectivity index (χ1v) is 10.7. The van der Waals surface area contributed by atoms with Gasteiger partial charge in [0.05, 0.1) is 17.8 Å². The molecule has 2 N–H and O–H groups in total. The van der Waals surface area contributed by atoms with Crippen LogP contribution in [-0.2, 0) is 17.9 Å². The number of aryl methyl sites for hydroxylation is 1. The fourth-order valence-corrected chi connectivity index (χ4v) is 5.06. The van der Waals surface area contributed by atoms with Crippen molar-refractivity contribution >= 4 is 35.0 Å². The Balaban J connectivity index is 1.70. The van der Waals surface area contributed by atoms with Crippen molar-refractivity contribution in [2.45, 2.75) is 45.2 Å². The van der Waals surface area contributed by atoms with Gasteiger partial charge in [0.2, 0.25) is 5.91 Å². The molecule has 2 aliphatic heterocycles. The van der Waals surface area contributed by atoms with Crippen LogP contribution in [0.5, 0.6) is 0 Å². The molecule has 1 aromatic rings. The molecule has 0 aromatic carbocycles. The summed E-state index contributed by atoms with van der Waals surface area (Å²) < 4.78 is 0. The molecule has 8 heteroatoms. The lowest BCUT2D eigenvalue weighted by Gasteiger charge is -2.25. The molecule has 0 radical (unpaired) electrons. The Hall–Kier alpha value is -1.89. The van der Waals surface area contributed by atoms with Gasteiger partial charge in [0.1, 0.15) is 6.54 Å². The molecule has 1 saturated heterocycles. The van der Waals surface area contributed by atoms with Crippen LogP contribution in [0.3, 0.4) is 0 Å². The second-order valence-corrected chi connectivity index (χ2v) is 8.64. The molecule has 0 spiro atoms. The van der Waals surface area contributed by atoms with Gasteiger partial charge in [-0.25, -0.2) is 0 Å². The SMILES string of the molecule is Cc1nc2c(c(C3CC=C(Cl)C=C3Cl)c1CN)C(=O)N(CC(=O)N1CCCC1)C2. The van der Waals surface area contributed by atoms with E-state index in [-0.39, 0.29) is 30.8 Å². The number of fused-ring (bicyclic) bond motifs is 1. The molecule has 2 amide bonds. The first-order chi connectivity index (χ1) is 13.9. The van der Waals surface area contributed by atoms with Gasteiger partial charge in [-0.15, -0.1) is 0 Å². The molecule has 1 unspecified atom stereocenters. The molecule has 29 heavy (non-hydrogen) atoms. The third-order valence-corrected chi connectivity index (χ3v) is 6.59. The summed E-state index contributed by atoms with van der Waals surface area (Å²) in [5, 5.41) is 1.17. The quantitative estimate of drug-likeness (QED) is 0.788. The van der Waals surface area contributed by atoms with Crippen molar-refractivity contribution < 1.29 is 9.59 Å². The van der Waals surface area contributed by atoms with Crippen LogP contribution in [0.25, 0.3) is 0 Å². The highest BCUT2D eigenvalue weighted by molar-refractivity contribution is 6.35. The van der Waals surface area contributed by atoms with E-state index >= 15 is 0 Å². The largest absolute Gasteiger partial charge is 0.341 e. The molecule has 3 heterocycles. The number of likely N-dealkylation sites (tertiary alicyclic amines) is 1. The molecule has 6 nitrogen and oxygen atoms in total. The van der Waals surface area contributed by atoms with Crippen molar-refractivity contribution in [2.24, 2.45) is 5.73 Å². The Morgan fingerprint density at radius 3 is 2.69 bits per heavy atom. The van der Waals surface area contributed by atoms with Gasteiger partial charge in [-0.05, 0) is 43.4 Å². The minimum absolute atomic E-state index is 0.00807. The van der Waals surface area contributed by atoms with Gasteiger partial charge >= 0.3 is 0 Å². The molecular formula is C21H24Cl2N4O2. The van der Waals surface area contributed by atoms with Crippen molar-refractivity contribution in [3.63, 3.8) is 0 Å². The van der Waals surface area contributed by atoms with E-state index in [4.69, 9.17) is 28.9 Å². The second-order valence-electron chi connectivity index (χ2n) is 7.77. The average Bonchev–Trinajstić information content (AvgIpc) is 3.30. The monoisotopic (exact) mass is 434 g/mol. The Morgan fingerprint density at radius 1 is 1.31 bits per heavy atom. The number of nitrogens with zero attached hydrogens (tertiary/aromatic N) is 3. The lowest BCUT2D eigenvalue weighted by Crippen LogP contribution is -2.39. The molecule has 4 rings (SSSR count). The number of pyridine rings is 1. The summed E-state index contributed by atoms with van der Waals surface area (Å²) >= 11 is 12.6. The van der Waals surface area contributed by atoms with Gasteiger partial charge in [0, 0.05) is 41.3 Å². The first kappa shape index (κ1) is 20.4. The average molecular weight is 435 g/mol. The van der Waals surface area contributed by atoms with Crippen molar-refractivity contribution in [3.05, 3.63) is 50.3 Å². The van der Waals surface area contributed by atoms with E-state index in [9.17, 15) is 9.59 Å². The van der Waals surface area contributed by atoms with Crippen LogP contribution in [0.1, 0.15) is 58.1 Å². The molecule has 3 aliphatic rings. The first-order valence-electron chi connectivity index (χ1n) is 9.92. The molecule has 0 saturated carbocycles. The number of allylic oxidation sites excluding steroid dienone is 4. The Bertz CT molecular complexity index is 935. The van der Waals surface area contributed by atoms with Gasteiger partial charge in [-0.1, -0.05) is 29.3 Å². The van der Waals surface area contributed by atoms with Gasteiger partial charge < -0.3 is 15.5 Å². The highest BCUT2D eigenvalue weighted by Gasteiger charge is 2.38. The van der Waals surface area contributed by atoms with Crippen molar-refractivity contribution in [2.75, 3.05) is 19.6 Å². The zero-order valence-electron chi connectivity index (χ0n) is 16.4. The summed E-state index contributed by atoms with van der Waals surface area (Å²) in [6.07, 6.45) is 6.25. The number of halogens is 2. The van der Waals surface area contributed by atoms with Crippen LogP contribution in [0.15, 0.2) is 22.2 Å². The minimum atomic E-state index is -0.189. The zero-order chi connectivity index (χ0) is 20.7. The maximum Gasteiger partial charge on any atom is 0.256 e. The fourth-order valence-electron chi connectivity index (χ4n) is 4.48. The molecule has 0 bridgehead atoms. The predicted molar refractivity (Wildman–Crippen MR) is 113 cm³/mol. The number of nitrogens with two attached hydrogens (primary N) is 1. The highest BCUT2D eigenvalue weighted by atomic mass is 35.5. The van der Waals surface area contributed by atoms with E-state index in [1.807, 2.05) is 17.9 Å². The van der Waals surface area contributed by atoms with E-state index < -0.39 is 0 Å². The third kappa shape index (κ3) is 3.69. The van der Waals surface area contributed by atoms with Crippen molar-refractivity contribution in [1.29, 1.82) is 0 Å². The molecule has 1 atom stereocenters. The van der Waals surface area contributed by atoms with Crippen LogP contribution in [0, 0.1) is 6.92 Å². The number of aromatic nitrogens is 1. The Morgan fingerprint density at radius 2 is 2.03 bits per heavy atom. The zero-order valence-corrected chi connectivity index (χ0v) is 17.9. The molecule has 1 aliphatic carbocycles. The predicted octanol–water partition coefficient (Wildman–Crippen LogP) is 3.16. The number of hydrogen-bond acceptors (Lipinski definition) is 4. The molecule has 154 valence electrons. The Labute approximate surface area is 180 Å². The van der Waals surface area contributed by atoms with Crippen molar-refractivity contribution in [3.8, 4) is 0 Å². The normalized spacial score (nSPS) is 21.4. The van der Waals surface area contributed by atoms with E-state index in [1.165, 1.54) is 0 Å². The molecule has 1 fully saturated rings. The van der Waals surface area contributed by atoms with Gasteiger partial charge in [-0.3, -0.25) is 14.6 Å². The van der Waals surface area contributed by atoms with Crippen LogP contribution in [0.4, 0.5) is 0 Å². The number of amides is 2. The third-order valence-electron chi connectivity index (χ3n) is 5.96. The van der Waals surface area contributed by atoms with E-state index in [0.717, 1.165) is 42.8 Å². The fraction of sp³-hybridized carbons (Fsp3) is 0.476. The second kappa shape index (κ2) is 8.09. The topological polar surface area (TPSA) is 79.5 Å². The van der Waals surface area contributed by atoms with Crippen LogP contribution in [-0.4, -0.2) is 46.2 Å². The maximum atomic E-state index is 13.3. The summed E-state index contributed by atoms with van der Waals surface area (Å²) in [4.78, 5) is 34.0. The van der Waals surface area contributed by atoms with Crippen LogP contribution < -0.4 is 5.73 Å². The standard InChI is InChI=1S/C21H24Cl2N4O2/c1-12-15(9-24)19(14-5-4-13(22)8-16(14)23)20-17(25-12)10-27(21(20)29)11-18(28)26-6-2-3-7-26/h4,8,14H,2-3,5-7,9-11,24H2,1H3. The minimum Gasteiger partial charge on any atom is -0.341 e. The summed E-state index contributed by atoms with van der Waals surface area (Å²) in [5.41, 5.74) is 9.75. The van der Waals surface area contributed by atoms with E-state index in [0.29, 0.717) is 34.3 Å². The van der Waals surface area contributed by atoms with Crippen LogP contribution in [0.2, 0.25) is 0 Å².